The van der Waals surface area contributed by atoms with E-state index >= 15 is 0 Å². The van der Waals surface area contributed by atoms with Gasteiger partial charge >= 0.3 is 5.97 Å². The summed E-state index contributed by atoms with van der Waals surface area (Å²) in [7, 11) is 0. The molecule has 0 amide bonds. The molecule has 0 heterocycles. The van der Waals surface area contributed by atoms with E-state index in [1.165, 1.54) is 19.3 Å². The number of hydrogen-bond donors (Lipinski definition) is 1. The average molecular weight is 240 g/mol. The summed E-state index contributed by atoms with van der Waals surface area (Å²) in [4.78, 5) is 11.6. The molecule has 98 valence electrons. The number of carboxylic acids is 1. The summed E-state index contributed by atoms with van der Waals surface area (Å²) in [5, 5.41) is 9.56. The molecule has 2 saturated carbocycles. The first-order chi connectivity index (χ1) is 8.15. The summed E-state index contributed by atoms with van der Waals surface area (Å²) in [5.74, 6) is -0.592. The second-order valence-electron chi connectivity index (χ2n) is 5.72. The third-order valence-corrected chi connectivity index (χ3v) is 4.52. The second kappa shape index (κ2) is 5.38. The van der Waals surface area contributed by atoms with Crippen molar-refractivity contribution in [3.8, 4) is 0 Å². The highest BCUT2D eigenvalue weighted by molar-refractivity contribution is 5.78. The van der Waals surface area contributed by atoms with Gasteiger partial charge < -0.3 is 9.84 Å². The predicted octanol–water partition coefficient (Wildman–Crippen LogP) is 3.37. The minimum atomic E-state index is -0.889. The first kappa shape index (κ1) is 12.9. The van der Waals surface area contributed by atoms with Crippen molar-refractivity contribution < 1.29 is 14.6 Å². The summed E-state index contributed by atoms with van der Waals surface area (Å²) in [5.41, 5.74) is -0.889. The van der Waals surface area contributed by atoms with Crippen LogP contribution in [0.4, 0.5) is 0 Å². The highest BCUT2D eigenvalue weighted by Gasteiger charge is 2.47. The zero-order valence-corrected chi connectivity index (χ0v) is 10.8. The lowest BCUT2D eigenvalue weighted by atomic mass is 9.76. The number of ether oxygens (including phenoxy) is 1. The molecule has 0 bridgehead atoms. The second-order valence-corrected chi connectivity index (χ2v) is 5.72. The van der Waals surface area contributed by atoms with Gasteiger partial charge in [-0.3, -0.25) is 0 Å². The molecule has 2 atom stereocenters. The van der Waals surface area contributed by atoms with Crippen LogP contribution < -0.4 is 0 Å². The number of carboxylic acid groups (broad SMARTS) is 1. The molecule has 0 aromatic carbocycles. The molecule has 17 heavy (non-hydrogen) atoms. The van der Waals surface area contributed by atoms with Crippen LogP contribution >= 0.6 is 0 Å². The van der Waals surface area contributed by atoms with E-state index in [0.29, 0.717) is 6.42 Å². The lowest BCUT2D eigenvalue weighted by molar-refractivity contribution is -0.193. The largest absolute Gasteiger partial charge is 0.479 e. The molecule has 1 N–H and O–H groups in total. The molecule has 0 saturated heterocycles. The zero-order valence-electron chi connectivity index (χ0n) is 10.8. The molecule has 0 aliphatic heterocycles. The van der Waals surface area contributed by atoms with E-state index in [2.05, 4.69) is 0 Å². The van der Waals surface area contributed by atoms with Crippen molar-refractivity contribution in [2.45, 2.75) is 76.4 Å². The van der Waals surface area contributed by atoms with Crippen molar-refractivity contribution in [2.75, 3.05) is 0 Å². The monoisotopic (exact) mass is 240 g/mol. The Labute approximate surface area is 104 Å². The van der Waals surface area contributed by atoms with Gasteiger partial charge in [-0.1, -0.05) is 32.6 Å². The quantitative estimate of drug-likeness (QED) is 0.822. The third kappa shape index (κ3) is 2.65. The molecular formula is C14H24O3. The van der Waals surface area contributed by atoms with Crippen LogP contribution in [0.3, 0.4) is 0 Å². The van der Waals surface area contributed by atoms with Crippen LogP contribution in [0.2, 0.25) is 0 Å². The predicted molar refractivity (Wildman–Crippen MR) is 66.0 cm³/mol. The Kier molecular flexibility index (Phi) is 4.08. The van der Waals surface area contributed by atoms with E-state index in [1.807, 2.05) is 6.92 Å². The lowest BCUT2D eigenvalue weighted by Gasteiger charge is -2.42. The van der Waals surface area contributed by atoms with Crippen molar-refractivity contribution in [2.24, 2.45) is 5.92 Å². The Hall–Kier alpha value is -0.570. The van der Waals surface area contributed by atoms with Gasteiger partial charge in [0.2, 0.25) is 0 Å². The molecule has 2 fully saturated rings. The van der Waals surface area contributed by atoms with Crippen molar-refractivity contribution in [1.29, 1.82) is 0 Å². The van der Waals surface area contributed by atoms with Crippen LogP contribution in [0.15, 0.2) is 0 Å². The van der Waals surface area contributed by atoms with Crippen LogP contribution in [0.1, 0.15) is 64.7 Å². The topological polar surface area (TPSA) is 46.5 Å². The first-order valence-electron chi connectivity index (χ1n) is 7.06. The van der Waals surface area contributed by atoms with Gasteiger partial charge in [0.15, 0.2) is 5.60 Å². The Balaban J connectivity index is 2.07. The fourth-order valence-corrected chi connectivity index (χ4v) is 3.34. The van der Waals surface area contributed by atoms with E-state index in [1.54, 1.807) is 0 Å². The van der Waals surface area contributed by atoms with Crippen molar-refractivity contribution >= 4 is 5.97 Å². The van der Waals surface area contributed by atoms with Crippen LogP contribution in [-0.4, -0.2) is 22.8 Å². The Morgan fingerprint density at radius 2 is 1.76 bits per heavy atom. The summed E-state index contributed by atoms with van der Waals surface area (Å²) >= 11 is 0. The van der Waals surface area contributed by atoms with Gasteiger partial charge in [0, 0.05) is 0 Å². The normalized spacial score (nSPS) is 35.7. The molecule has 3 heteroatoms. The fourth-order valence-electron chi connectivity index (χ4n) is 3.34. The van der Waals surface area contributed by atoms with Gasteiger partial charge in [-0.05, 0) is 38.0 Å². The molecular weight excluding hydrogens is 216 g/mol. The van der Waals surface area contributed by atoms with Crippen LogP contribution in [0.5, 0.6) is 0 Å². The SMILES string of the molecule is CC1CCCCC1(OC1CCCCC1)C(=O)O. The van der Waals surface area contributed by atoms with E-state index < -0.39 is 11.6 Å². The average Bonchev–Trinajstić information content (AvgIpc) is 2.33. The highest BCUT2D eigenvalue weighted by Crippen LogP contribution is 2.39. The fraction of sp³-hybridized carbons (Fsp3) is 0.929. The Morgan fingerprint density at radius 3 is 2.35 bits per heavy atom. The summed E-state index contributed by atoms with van der Waals surface area (Å²) < 4.78 is 6.09. The third-order valence-electron chi connectivity index (χ3n) is 4.52. The van der Waals surface area contributed by atoms with Gasteiger partial charge in [0.05, 0.1) is 6.10 Å². The molecule has 2 rings (SSSR count). The van der Waals surface area contributed by atoms with Crippen LogP contribution in [0.25, 0.3) is 0 Å². The van der Waals surface area contributed by atoms with E-state index in [0.717, 1.165) is 32.1 Å². The summed E-state index contributed by atoms with van der Waals surface area (Å²) in [6.07, 6.45) is 9.73. The molecule has 3 nitrogen and oxygen atoms in total. The number of aliphatic carboxylic acids is 1. The summed E-state index contributed by atoms with van der Waals surface area (Å²) in [6.45, 7) is 2.04. The Bertz CT molecular complexity index is 271. The van der Waals surface area contributed by atoms with E-state index in [9.17, 15) is 9.90 Å². The van der Waals surface area contributed by atoms with Crippen LogP contribution in [0, 0.1) is 5.92 Å². The molecule has 2 aliphatic carbocycles. The number of carbonyl (C=O) groups is 1. The minimum Gasteiger partial charge on any atom is -0.479 e. The van der Waals surface area contributed by atoms with Crippen molar-refractivity contribution in [1.82, 2.24) is 0 Å². The van der Waals surface area contributed by atoms with Gasteiger partial charge in [0.25, 0.3) is 0 Å². The molecule has 0 aromatic heterocycles. The Morgan fingerprint density at radius 1 is 1.12 bits per heavy atom. The minimum absolute atomic E-state index is 0.149. The van der Waals surface area contributed by atoms with Gasteiger partial charge in [-0.15, -0.1) is 0 Å². The van der Waals surface area contributed by atoms with Gasteiger partial charge in [-0.25, -0.2) is 4.79 Å². The first-order valence-corrected chi connectivity index (χ1v) is 7.06. The van der Waals surface area contributed by atoms with Crippen LogP contribution in [-0.2, 0) is 9.53 Å². The van der Waals surface area contributed by atoms with Gasteiger partial charge in [-0.2, -0.15) is 0 Å². The van der Waals surface area contributed by atoms with Gasteiger partial charge in [0.1, 0.15) is 0 Å². The highest BCUT2D eigenvalue weighted by atomic mass is 16.5. The lowest BCUT2D eigenvalue weighted by Crippen LogP contribution is -2.51. The smallest absolute Gasteiger partial charge is 0.336 e. The molecule has 0 aromatic rings. The van der Waals surface area contributed by atoms with E-state index in [-0.39, 0.29) is 12.0 Å². The van der Waals surface area contributed by atoms with E-state index in [4.69, 9.17) is 4.74 Å². The summed E-state index contributed by atoms with van der Waals surface area (Å²) in [6, 6.07) is 0. The standard InChI is InChI=1S/C14H24O3/c1-11-7-5-6-10-14(11,13(15)16)17-12-8-3-2-4-9-12/h11-12H,2-10H2,1H3,(H,15,16). The zero-order chi connectivity index (χ0) is 12.3. The number of hydrogen-bond acceptors (Lipinski definition) is 2. The van der Waals surface area contributed by atoms with Crippen molar-refractivity contribution in [3.63, 3.8) is 0 Å². The maximum Gasteiger partial charge on any atom is 0.336 e. The maximum absolute atomic E-state index is 11.6. The number of rotatable bonds is 3. The molecule has 0 radical (unpaired) electrons. The molecule has 2 unspecified atom stereocenters. The molecule has 2 aliphatic rings. The van der Waals surface area contributed by atoms with Crippen molar-refractivity contribution in [3.05, 3.63) is 0 Å². The maximum atomic E-state index is 11.6. The molecule has 0 spiro atoms.